The Labute approximate surface area is 131 Å². The van der Waals surface area contributed by atoms with Crippen LogP contribution < -0.4 is 5.43 Å². The van der Waals surface area contributed by atoms with Gasteiger partial charge in [-0.05, 0) is 31.0 Å². The molecule has 0 radical (unpaired) electrons. The lowest BCUT2D eigenvalue weighted by Gasteiger charge is -2.00. The molecule has 1 aromatic heterocycles. The summed E-state index contributed by atoms with van der Waals surface area (Å²) in [5.74, 6) is 0.456. The van der Waals surface area contributed by atoms with Crippen molar-refractivity contribution in [3.05, 3.63) is 46.8 Å². The van der Waals surface area contributed by atoms with Crippen molar-refractivity contribution in [2.75, 3.05) is 5.43 Å². The van der Waals surface area contributed by atoms with Crippen LogP contribution in [0, 0.1) is 11.3 Å². The molecule has 110 valence electrons. The zero-order chi connectivity index (χ0) is 15.5. The van der Waals surface area contributed by atoms with Crippen LogP contribution in [0.5, 0.6) is 0 Å². The maximum atomic E-state index is 12.2. The molecule has 0 aliphatic heterocycles. The number of ketones is 1. The first kappa shape index (κ1) is 14.3. The second-order valence-electron chi connectivity index (χ2n) is 4.91. The van der Waals surface area contributed by atoms with Crippen LogP contribution >= 0.6 is 11.6 Å². The zero-order valence-corrected chi connectivity index (χ0v) is 12.2. The summed E-state index contributed by atoms with van der Waals surface area (Å²) in [5.41, 5.74) is 3.00. The van der Waals surface area contributed by atoms with E-state index < -0.39 is 5.78 Å². The number of aromatic nitrogens is 1. The maximum absolute atomic E-state index is 12.2. The molecule has 1 saturated carbocycles. The number of carbonyl (C=O) groups excluding carboxylic acids is 1. The monoisotopic (exact) mass is 314 g/mol. The average molecular weight is 315 g/mol. The summed E-state index contributed by atoms with van der Waals surface area (Å²) in [6.45, 7) is 0. The number of hydrazone groups is 1. The minimum absolute atomic E-state index is 0.0927. The van der Waals surface area contributed by atoms with E-state index in [2.05, 4.69) is 15.7 Å². The van der Waals surface area contributed by atoms with Gasteiger partial charge in [0, 0.05) is 17.0 Å². The van der Waals surface area contributed by atoms with Crippen LogP contribution in [0.4, 0.5) is 5.69 Å². The molecule has 1 fully saturated rings. The van der Waals surface area contributed by atoms with Crippen LogP contribution in [0.3, 0.4) is 0 Å². The predicted octanol–water partition coefficient (Wildman–Crippen LogP) is 3.38. The van der Waals surface area contributed by atoms with E-state index in [9.17, 15) is 4.79 Å². The van der Waals surface area contributed by atoms with E-state index in [-0.39, 0.29) is 11.4 Å². The third-order valence-electron chi connectivity index (χ3n) is 3.18. The number of rotatable bonds is 5. The van der Waals surface area contributed by atoms with Gasteiger partial charge in [-0.3, -0.25) is 10.2 Å². The lowest BCUT2D eigenvalue weighted by Crippen LogP contribution is -2.14. The Morgan fingerprint density at radius 1 is 1.45 bits per heavy atom. The van der Waals surface area contributed by atoms with Gasteiger partial charge in [0.1, 0.15) is 11.8 Å². The van der Waals surface area contributed by atoms with Crippen molar-refractivity contribution in [1.29, 1.82) is 5.26 Å². The van der Waals surface area contributed by atoms with E-state index in [0.29, 0.717) is 22.4 Å². The van der Waals surface area contributed by atoms with Gasteiger partial charge in [0.05, 0.1) is 5.69 Å². The van der Waals surface area contributed by atoms with Gasteiger partial charge in [-0.2, -0.15) is 10.4 Å². The Balaban J connectivity index is 1.75. The van der Waals surface area contributed by atoms with Crippen molar-refractivity contribution in [2.24, 2.45) is 5.10 Å². The van der Waals surface area contributed by atoms with Crippen molar-refractivity contribution in [3.63, 3.8) is 0 Å². The minimum Gasteiger partial charge on any atom is -0.360 e. The second kappa shape index (κ2) is 6.00. The van der Waals surface area contributed by atoms with E-state index in [1.807, 2.05) is 0 Å². The highest BCUT2D eigenvalue weighted by atomic mass is 35.5. The quantitative estimate of drug-likeness (QED) is 0.519. The Morgan fingerprint density at radius 2 is 2.27 bits per heavy atom. The van der Waals surface area contributed by atoms with E-state index >= 15 is 0 Å². The van der Waals surface area contributed by atoms with Crippen molar-refractivity contribution < 1.29 is 9.32 Å². The van der Waals surface area contributed by atoms with Crippen LogP contribution in [0.15, 0.2) is 40.0 Å². The molecule has 0 spiro atoms. The highest BCUT2D eigenvalue weighted by Gasteiger charge is 2.29. The van der Waals surface area contributed by atoms with E-state index in [1.165, 1.54) is 0 Å². The van der Waals surface area contributed by atoms with Gasteiger partial charge in [0.25, 0.3) is 0 Å². The number of carbonyl (C=O) groups is 1. The Hall–Kier alpha value is -2.65. The minimum atomic E-state index is -0.576. The summed E-state index contributed by atoms with van der Waals surface area (Å²) in [5, 5.41) is 17.1. The number of nitrogens with one attached hydrogen (secondary N) is 1. The number of anilines is 1. The van der Waals surface area contributed by atoms with Crippen molar-refractivity contribution in [2.45, 2.75) is 18.8 Å². The first-order chi connectivity index (χ1) is 10.7. The molecular formula is C15H11ClN4O2. The normalized spacial score (nSPS) is 14.5. The van der Waals surface area contributed by atoms with E-state index in [0.717, 1.165) is 12.8 Å². The average Bonchev–Trinajstić information content (AvgIpc) is 3.25. The molecule has 0 unspecified atom stereocenters. The fourth-order valence-electron chi connectivity index (χ4n) is 1.88. The van der Waals surface area contributed by atoms with Crippen LogP contribution in [0.1, 0.15) is 35.0 Å². The molecule has 7 heteroatoms. The number of nitrogens with zero attached hydrogens (tertiary/aromatic N) is 3. The number of benzene rings is 1. The predicted molar refractivity (Wildman–Crippen MR) is 80.9 cm³/mol. The van der Waals surface area contributed by atoms with Gasteiger partial charge in [0.2, 0.25) is 11.5 Å². The van der Waals surface area contributed by atoms with Gasteiger partial charge < -0.3 is 4.52 Å². The number of hydrogen-bond acceptors (Lipinski definition) is 6. The number of hydrogen-bond donors (Lipinski definition) is 1. The van der Waals surface area contributed by atoms with E-state index in [1.54, 1.807) is 36.4 Å². The molecule has 22 heavy (non-hydrogen) atoms. The number of halogens is 1. The Kier molecular flexibility index (Phi) is 3.90. The first-order valence-electron chi connectivity index (χ1n) is 6.68. The maximum Gasteiger partial charge on any atom is 0.245 e. The van der Waals surface area contributed by atoms with E-state index in [4.69, 9.17) is 21.4 Å². The summed E-state index contributed by atoms with van der Waals surface area (Å²) in [7, 11) is 0. The van der Waals surface area contributed by atoms with Crippen molar-refractivity contribution in [1.82, 2.24) is 5.16 Å². The topological polar surface area (TPSA) is 91.3 Å². The molecule has 0 saturated heterocycles. The van der Waals surface area contributed by atoms with Crippen LogP contribution in [-0.2, 0) is 0 Å². The highest BCUT2D eigenvalue weighted by molar-refractivity contribution is 6.51. The first-order valence-corrected chi connectivity index (χ1v) is 7.06. The fraction of sp³-hybridized carbons (Fsp3) is 0.200. The van der Waals surface area contributed by atoms with Gasteiger partial charge in [-0.1, -0.05) is 22.8 Å². The molecule has 0 amide bonds. The molecule has 0 atom stereocenters. The number of nitriles is 1. The molecule has 1 heterocycles. The summed E-state index contributed by atoms with van der Waals surface area (Å²) in [4.78, 5) is 12.2. The molecule has 0 bridgehead atoms. The zero-order valence-electron chi connectivity index (χ0n) is 11.4. The standard InChI is InChI=1S/C15H11ClN4O2/c16-10-2-1-3-11(6-10)18-19-13(8-17)15(21)12-7-14(22-20-12)9-4-5-9/h1-3,6-7,9,18H,4-5H2/b19-13+. The molecule has 1 aromatic carbocycles. The fourth-order valence-corrected chi connectivity index (χ4v) is 2.07. The van der Waals surface area contributed by atoms with Gasteiger partial charge in [-0.25, -0.2) is 0 Å². The summed E-state index contributed by atoms with van der Waals surface area (Å²) in [6, 6.07) is 10.1. The van der Waals surface area contributed by atoms with Crippen LogP contribution in [-0.4, -0.2) is 16.7 Å². The lowest BCUT2D eigenvalue weighted by molar-refractivity contribution is 0.105. The molecular weight excluding hydrogens is 304 g/mol. The highest BCUT2D eigenvalue weighted by Crippen LogP contribution is 2.40. The third kappa shape index (κ3) is 3.15. The van der Waals surface area contributed by atoms with Crippen LogP contribution in [0.2, 0.25) is 5.02 Å². The largest absolute Gasteiger partial charge is 0.360 e. The number of Topliss-reactive ketones (excluding diaryl/α,β-unsaturated/α-hetero) is 1. The van der Waals surface area contributed by atoms with Gasteiger partial charge in [0.15, 0.2) is 5.69 Å². The molecule has 2 aromatic rings. The molecule has 3 rings (SSSR count). The summed E-state index contributed by atoms with van der Waals surface area (Å²) in [6.07, 6.45) is 2.08. The molecule has 1 aliphatic carbocycles. The lowest BCUT2D eigenvalue weighted by atomic mass is 10.2. The second-order valence-corrected chi connectivity index (χ2v) is 5.35. The summed E-state index contributed by atoms with van der Waals surface area (Å²) < 4.78 is 5.11. The molecule has 1 N–H and O–H groups in total. The Bertz CT molecular complexity index is 787. The van der Waals surface area contributed by atoms with Crippen molar-refractivity contribution in [3.8, 4) is 6.07 Å². The van der Waals surface area contributed by atoms with Gasteiger partial charge >= 0.3 is 0 Å². The SMILES string of the molecule is N#C/C(=N\Nc1cccc(Cl)c1)C(=O)c1cc(C2CC2)on1. The van der Waals surface area contributed by atoms with Crippen LogP contribution in [0.25, 0.3) is 0 Å². The Morgan fingerprint density at radius 3 is 2.95 bits per heavy atom. The smallest absolute Gasteiger partial charge is 0.245 e. The molecule has 6 nitrogen and oxygen atoms in total. The summed E-state index contributed by atoms with van der Waals surface area (Å²) >= 11 is 5.85. The third-order valence-corrected chi connectivity index (χ3v) is 3.42. The van der Waals surface area contributed by atoms with Gasteiger partial charge in [-0.15, -0.1) is 0 Å². The molecule has 1 aliphatic rings. The van der Waals surface area contributed by atoms with Crippen molar-refractivity contribution >= 4 is 28.8 Å².